The maximum atomic E-state index is 5.78. The summed E-state index contributed by atoms with van der Waals surface area (Å²) < 4.78 is 23.5. The van der Waals surface area contributed by atoms with Crippen LogP contribution in [0.5, 0.6) is 23.0 Å². The van der Waals surface area contributed by atoms with Crippen LogP contribution in [0.25, 0.3) is 21.3 Å². The third kappa shape index (κ3) is 4.21. The Balaban J connectivity index is 2.12. The van der Waals surface area contributed by atoms with Gasteiger partial charge in [-0.3, -0.25) is 0 Å². The van der Waals surface area contributed by atoms with Crippen LogP contribution in [0.3, 0.4) is 0 Å². The quantitative estimate of drug-likeness (QED) is 0.474. The zero-order chi connectivity index (χ0) is 21.0. The molecule has 7 heteroatoms. The predicted octanol–water partition coefficient (Wildman–Crippen LogP) is 3.96. The van der Waals surface area contributed by atoms with Crippen LogP contribution in [-0.2, 0) is 0 Å². The molecule has 0 amide bonds. The van der Waals surface area contributed by atoms with Crippen molar-refractivity contribution in [2.45, 2.75) is 6.92 Å². The average molecular weight is 461 g/mol. The molecule has 1 heterocycles. The first kappa shape index (κ1) is 21.1. The summed E-state index contributed by atoms with van der Waals surface area (Å²) in [6, 6.07) is 10.2. The van der Waals surface area contributed by atoms with Crippen LogP contribution in [0.2, 0.25) is 0 Å². The first-order valence-electron chi connectivity index (χ1n) is 9.22. The number of rotatable bonds is 8. The van der Waals surface area contributed by atoms with Crippen LogP contribution in [0.1, 0.15) is 6.92 Å². The van der Waals surface area contributed by atoms with Crippen LogP contribution in [0.15, 0.2) is 35.4 Å². The Morgan fingerprint density at radius 1 is 0.897 bits per heavy atom. The van der Waals surface area contributed by atoms with Crippen LogP contribution < -0.4 is 23.8 Å². The standard InChI is InChI=1S/C22H26N2O4Se/c1-7-28-17-9-8-14(10-16(17)24(2)3)22-20(23-13-29-22)15-11-18(25-4)21(27-6)19(12-15)26-5/h8-13H,7H2,1-6H3. The zero-order valence-corrected chi connectivity index (χ0v) is 19.3. The molecule has 2 aromatic carbocycles. The molecule has 6 nitrogen and oxygen atoms in total. The SMILES string of the molecule is CCOc1ccc(-c2[se]cnc2-c2cc(OC)c(OC)c(OC)c2)cc1N(C)C. The number of methoxy groups -OCH3 is 3. The molecule has 0 spiro atoms. The van der Waals surface area contributed by atoms with E-state index in [1.54, 1.807) is 21.3 Å². The third-order valence-electron chi connectivity index (χ3n) is 4.51. The van der Waals surface area contributed by atoms with Crippen molar-refractivity contribution in [2.24, 2.45) is 0 Å². The van der Waals surface area contributed by atoms with E-state index in [0.29, 0.717) is 23.9 Å². The average Bonchev–Trinajstić information content (AvgIpc) is 3.22. The van der Waals surface area contributed by atoms with E-state index in [9.17, 15) is 0 Å². The molecule has 0 saturated heterocycles. The molecule has 0 aliphatic heterocycles. The van der Waals surface area contributed by atoms with Crippen molar-refractivity contribution in [3.05, 3.63) is 35.4 Å². The van der Waals surface area contributed by atoms with Gasteiger partial charge in [-0.1, -0.05) is 0 Å². The molecular weight excluding hydrogens is 435 g/mol. The number of nitrogens with zero attached hydrogens (tertiary/aromatic N) is 2. The molecule has 0 radical (unpaired) electrons. The molecule has 3 rings (SSSR count). The van der Waals surface area contributed by atoms with Gasteiger partial charge in [0.15, 0.2) is 0 Å². The topological polar surface area (TPSA) is 53.1 Å². The molecule has 3 aromatic rings. The Morgan fingerprint density at radius 2 is 1.59 bits per heavy atom. The fourth-order valence-corrected chi connectivity index (χ4v) is 4.86. The van der Waals surface area contributed by atoms with Gasteiger partial charge in [0.05, 0.1) is 0 Å². The molecule has 0 aliphatic rings. The summed E-state index contributed by atoms with van der Waals surface area (Å²) in [5, 5.41) is 1.99. The first-order chi connectivity index (χ1) is 14.0. The van der Waals surface area contributed by atoms with Crippen molar-refractivity contribution >= 4 is 20.2 Å². The van der Waals surface area contributed by atoms with E-state index in [1.165, 1.54) is 4.44 Å². The fraction of sp³-hybridized carbons (Fsp3) is 0.318. The summed E-state index contributed by atoms with van der Waals surface area (Å²) in [5.74, 6) is 2.68. The normalized spacial score (nSPS) is 10.6. The summed E-state index contributed by atoms with van der Waals surface area (Å²) in [6.07, 6.45) is 0. The van der Waals surface area contributed by atoms with Gasteiger partial charge in [0.25, 0.3) is 0 Å². The molecule has 1 aromatic heterocycles. The number of ether oxygens (including phenoxy) is 4. The number of aromatic nitrogens is 1. The molecule has 154 valence electrons. The molecule has 0 unspecified atom stereocenters. The van der Waals surface area contributed by atoms with E-state index in [4.69, 9.17) is 18.9 Å². The van der Waals surface area contributed by atoms with Gasteiger partial charge in [-0.25, -0.2) is 0 Å². The molecular formula is C22H26N2O4Se. The minimum atomic E-state index is 0.131. The van der Waals surface area contributed by atoms with Crippen LogP contribution >= 0.6 is 0 Å². The number of anilines is 1. The monoisotopic (exact) mass is 462 g/mol. The van der Waals surface area contributed by atoms with Gasteiger partial charge in [0.2, 0.25) is 0 Å². The van der Waals surface area contributed by atoms with Crippen molar-refractivity contribution < 1.29 is 18.9 Å². The molecule has 29 heavy (non-hydrogen) atoms. The van der Waals surface area contributed by atoms with Crippen molar-refractivity contribution in [1.29, 1.82) is 0 Å². The van der Waals surface area contributed by atoms with E-state index >= 15 is 0 Å². The Morgan fingerprint density at radius 3 is 2.14 bits per heavy atom. The van der Waals surface area contributed by atoms with Gasteiger partial charge in [-0.15, -0.1) is 0 Å². The van der Waals surface area contributed by atoms with Gasteiger partial charge in [-0.05, 0) is 0 Å². The van der Waals surface area contributed by atoms with E-state index < -0.39 is 0 Å². The summed E-state index contributed by atoms with van der Waals surface area (Å²) in [4.78, 5) is 6.76. The Hall–Kier alpha value is -2.63. The van der Waals surface area contributed by atoms with E-state index in [2.05, 4.69) is 22.0 Å². The fourth-order valence-electron chi connectivity index (χ4n) is 3.16. The maximum absolute atomic E-state index is 5.78. The van der Waals surface area contributed by atoms with Gasteiger partial charge in [-0.2, -0.15) is 0 Å². The third-order valence-corrected chi connectivity index (χ3v) is 6.35. The Labute approximate surface area is 177 Å². The summed E-state index contributed by atoms with van der Waals surface area (Å²) in [7, 11) is 8.88. The van der Waals surface area contributed by atoms with Crippen molar-refractivity contribution in [3.63, 3.8) is 0 Å². The van der Waals surface area contributed by atoms with Crippen molar-refractivity contribution in [1.82, 2.24) is 4.98 Å². The van der Waals surface area contributed by atoms with Gasteiger partial charge in [0.1, 0.15) is 0 Å². The zero-order valence-electron chi connectivity index (χ0n) is 17.6. The van der Waals surface area contributed by atoms with Crippen LogP contribution in [-0.4, -0.2) is 61.5 Å². The Kier molecular flexibility index (Phi) is 6.72. The minimum absolute atomic E-state index is 0.131. The van der Waals surface area contributed by atoms with Crippen molar-refractivity contribution in [3.8, 4) is 44.3 Å². The van der Waals surface area contributed by atoms with Crippen LogP contribution in [0.4, 0.5) is 5.69 Å². The van der Waals surface area contributed by atoms with Crippen LogP contribution in [0, 0.1) is 0 Å². The summed E-state index contributed by atoms with van der Waals surface area (Å²) in [5.41, 5.74) is 4.05. The molecule has 0 aliphatic carbocycles. The predicted molar refractivity (Wildman–Crippen MR) is 117 cm³/mol. The molecule has 0 bridgehead atoms. The molecule has 0 atom stereocenters. The molecule has 0 N–H and O–H groups in total. The summed E-state index contributed by atoms with van der Waals surface area (Å²) >= 11 is 0.131. The number of benzene rings is 2. The second-order valence-electron chi connectivity index (χ2n) is 6.45. The summed E-state index contributed by atoms with van der Waals surface area (Å²) in [6.45, 7) is 2.62. The van der Waals surface area contributed by atoms with Gasteiger partial charge in [0, 0.05) is 0 Å². The van der Waals surface area contributed by atoms with Crippen molar-refractivity contribution in [2.75, 3.05) is 46.9 Å². The van der Waals surface area contributed by atoms with Gasteiger partial charge < -0.3 is 0 Å². The molecule has 0 saturated carbocycles. The second-order valence-corrected chi connectivity index (χ2v) is 8.25. The molecule has 0 fully saturated rings. The van der Waals surface area contributed by atoms with Gasteiger partial charge >= 0.3 is 178 Å². The number of hydrogen-bond acceptors (Lipinski definition) is 6. The second kappa shape index (κ2) is 9.24. The van der Waals surface area contributed by atoms with E-state index in [-0.39, 0.29) is 14.5 Å². The van der Waals surface area contributed by atoms with E-state index in [1.807, 2.05) is 44.3 Å². The van der Waals surface area contributed by atoms with E-state index in [0.717, 1.165) is 28.3 Å². The Bertz CT molecular complexity index is 960. The first-order valence-corrected chi connectivity index (χ1v) is 11.1. The number of hydrogen-bond donors (Lipinski definition) is 0.